The molecule has 0 bridgehead atoms. The Hall–Kier alpha value is -3.35. The van der Waals surface area contributed by atoms with Crippen LogP contribution in [0.2, 0.25) is 5.02 Å². The number of aliphatic hydroxyl groups is 1. The van der Waals surface area contributed by atoms with E-state index in [1.165, 1.54) is 12.3 Å². The molecular formula is C25H23ClN2O4. The standard InChI is InChI=1S/C25H23ClN2O4/c26-20-10-8-19(9-11-20)25(31)12-14-28(15-13-25)24(30)22(17-21-7-4-16-32-21)27-23(29)18-5-2-1-3-6-18/h1-11,16-17,31H,12-15H2,(H,27,29). The molecule has 0 saturated carbocycles. The second-order valence-corrected chi connectivity index (χ2v) is 8.16. The molecule has 0 atom stereocenters. The molecule has 7 heteroatoms. The number of likely N-dealkylation sites (tertiary alicyclic amines) is 1. The summed E-state index contributed by atoms with van der Waals surface area (Å²) < 4.78 is 5.34. The number of rotatable bonds is 5. The largest absolute Gasteiger partial charge is 0.465 e. The van der Waals surface area contributed by atoms with Crippen molar-refractivity contribution in [1.82, 2.24) is 10.2 Å². The number of hydrogen-bond acceptors (Lipinski definition) is 4. The van der Waals surface area contributed by atoms with Crippen LogP contribution in [-0.2, 0) is 10.4 Å². The number of piperidine rings is 1. The average molecular weight is 451 g/mol. The summed E-state index contributed by atoms with van der Waals surface area (Å²) in [4.78, 5) is 27.6. The Balaban J connectivity index is 1.50. The molecule has 164 valence electrons. The van der Waals surface area contributed by atoms with Crippen LogP contribution in [0.25, 0.3) is 6.08 Å². The van der Waals surface area contributed by atoms with Gasteiger partial charge in [-0.3, -0.25) is 9.59 Å². The van der Waals surface area contributed by atoms with Gasteiger partial charge >= 0.3 is 0 Å². The Morgan fingerprint density at radius 1 is 1.00 bits per heavy atom. The first-order chi connectivity index (χ1) is 15.4. The number of amides is 2. The Bertz CT molecular complexity index is 1100. The van der Waals surface area contributed by atoms with E-state index in [0.717, 1.165) is 5.56 Å². The summed E-state index contributed by atoms with van der Waals surface area (Å²) in [6.45, 7) is 0.684. The third-order valence-electron chi connectivity index (χ3n) is 5.60. The Morgan fingerprint density at radius 2 is 1.69 bits per heavy atom. The van der Waals surface area contributed by atoms with Gasteiger partial charge in [-0.15, -0.1) is 0 Å². The lowest BCUT2D eigenvalue weighted by molar-refractivity contribution is -0.131. The van der Waals surface area contributed by atoms with Crippen molar-refractivity contribution in [3.63, 3.8) is 0 Å². The van der Waals surface area contributed by atoms with E-state index in [1.54, 1.807) is 53.4 Å². The first kappa shape index (κ1) is 21.9. The smallest absolute Gasteiger partial charge is 0.270 e. The van der Waals surface area contributed by atoms with Gasteiger partial charge in [-0.05, 0) is 54.8 Å². The molecule has 1 fully saturated rings. The predicted molar refractivity (Wildman–Crippen MR) is 122 cm³/mol. The van der Waals surface area contributed by atoms with Crippen molar-refractivity contribution in [2.24, 2.45) is 0 Å². The molecule has 4 rings (SSSR count). The van der Waals surface area contributed by atoms with E-state index in [4.69, 9.17) is 16.0 Å². The summed E-state index contributed by atoms with van der Waals surface area (Å²) in [5.41, 5.74) is 0.310. The van der Waals surface area contributed by atoms with Crippen LogP contribution in [0.3, 0.4) is 0 Å². The van der Waals surface area contributed by atoms with E-state index in [-0.39, 0.29) is 17.5 Å². The normalized spacial score (nSPS) is 15.9. The van der Waals surface area contributed by atoms with Gasteiger partial charge in [0.2, 0.25) is 0 Å². The molecule has 0 unspecified atom stereocenters. The van der Waals surface area contributed by atoms with E-state index >= 15 is 0 Å². The monoisotopic (exact) mass is 450 g/mol. The molecule has 0 radical (unpaired) electrons. The van der Waals surface area contributed by atoms with Gasteiger partial charge in [-0.2, -0.15) is 0 Å². The number of halogens is 1. The highest BCUT2D eigenvalue weighted by Gasteiger charge is 2.36. The second kappa shape index (κ2) is 9.42. The van der Waals surface area contributed by atoms with E-state index in [9.17, 15) is 14.7 Å². The van der Waals surface area contributed by atoms with Crippen molar-refractivity contribution < 1.29 is 19.1 Å². The van der Waals surface area contributed by atoms with Crippen LogP contribution in [0.15, 0.2) is 83.1 Å². The Kier molecular flexibility index (Phi) is 6.44. The molecule has 1 aliphatic rings. The van der Waals surface area contributed by atoms with Crippen molar-refractivity contribution in [3.05, 3.63) is 101 Å². The highest BCUT2D eigenvalue weighted by molar-refractivity contribution is 6.30. The van der Waals surface area contributed by atoms with Gasteiger partial charge in [0.25, 0.3) is 11.8 Å². The van der Waals surface area contributed by atoms with Crippen LogP contribution in [-0.4, -0.2) is 34.9 Å². The molecule has 2 aromatic carbocycles. The molecule has 32 heavy (non-hydrogen) atoms. The maximum atomic E-state index is 13.3. The minimum atomic E-state index is -1.03. The Labute approximate surface area is 191 Å². The summed E-state index contributed by atoms with van der Waals surface area (Å²) in [5, 5.41) is 14.4. The first-order valence-corrected chi connectivity index (χ1v) is 10.7. The number of carbonyl (C=O) groups is 2. The minimum Gasteiger partial charge on any atom is -0.465 e. The summed E-state index contributed by atoms with van der Waals surface area (Å²) >= 11 is 5.96. The van der Waals surface area contributed by atoms with Crippen molar-refractivity contribution in [1.29, 1.82) is 0 Å². The molecule has 3 aromatic rings. The maximum absolute atomic E-state index is 13.3. The SMILES string of the molecule is O=C(NC(=Cc1ccco1)C(=O)N1CCC(O)(c2ccc(Cl)cc2)CC1)c1ccccc1. The number of carbonyl (C=O) groups excluding carboxylic acids is 2. The van der Waals surface area contributed by atoms with Crippen molar-refractivity contribution in [2.45, 2.75) is 18.4 Å². The summed E-state index contributed by atoms with van der Waals surface area (Å²) in [5.74, 6) is -0.258. The Morgan fingerprint density at radius 3 is 2.31 bits per heavy atom. The molecule has 1 aromatic heterocycles. The number of hydrogen-bond donors (Lipinski definition) is 2. The van der Waals surface area contributed by atoms with E-state index < -0.39 is 5.60 Å². The molecule has 1 aliphatic heterocycles. The number of nitrogens with zero attached hydrogens (tertiary/aromatic N) is 1. The van der Waals surface area contributed by atoms with Crippen LogP contribution in [0.1, 0.15) is 34.5 Å². The van der Waals surface area contributed by atoms with Gasteiger partial charge in [0.05, 0.1) is 11.9 Å². The molecule has 2 amide bonds. The number of benzene rings is 2. The van der Waals surface area contributed by atoms with Crippen molar-refractivity contribution >= 4 is 29.5 Å². The zero-order valence-corrected chi connectivity index (χ0v) is 18.1. The summed E-state index contributed by atoms with van der Waals surface area (Å²) in [7, 11) is 0. The fourth-order valence-corrected chi connectivity index (χ4v) is 3.88. The zero-order valence-electron chi connectivity index (χ0n) is 17.3. The molecule has 6 nitrogen and oxygen atoms in total. The van der Waals surface area contributed by atoms with E-state index in [0.29, 0.717) is 42.3 Å². The third kappa shape index (κ3) is 4.93. The minimum absolute atomic E-state index is 0.116. The van der Waals surface area contributed by atoms with Crippen molar-refractivity contribution in [2.75, 3.05) is 13.1 Å². The van der Waals surface area contributed by atoms with Crippen LogP contribution < -0.4 is 5.32 Å². The molecule has 0 aliphatic carbocycles. The highest BCUT2D eigenvalue weighted by Crippen LogP contribution is 2.33. The van der Waals surface area contributed by atoms with Crippen molar-refractivity contribution in [3.8, 4) is 0 Å². The van der Waals surface area contributed by atoms with E-state index in [1.807, 2.05) is 18.2 Å². The van der Waals surface area contributed by atoms with Gasteiger partial charge in [0, 0.05) is 29.8 Å². The van der Waals surface area contributed by atoms with Crippen LogP contribution >= 0.6 is 11.6 Å². The second-order valence-electron chi connectivity index (χ2n) is 7.72. The van der Waals surface area contributed by atoms with E-state index in [2.05, 4.69) is 5.32 Å². The van der Waals surface area contributed by atoms with Gasteiger partial charge in [0.15, 0.2) is 0 Å². The maximum Gasteiger partial charge on any atom is 0.270 e. The molecule has 0 spiro atoms. The quantitative estimate of drug-likeness (QED) is 0.570. The van der Waals surface area contributed by atoms with Gasteiger partial charge in [-0.1, -0.05) is 41.9 Å². The van der Waals surface area contributed by atoms with Crippen LogP contribution in [0.5, 0.6) is 0 Å². The average Bonchev–Trinajstić information content (AvgIpc) is 3.33. The molecule has 2 heterocycles. The highest BCUT2D eigenvalue weighted by atomic mass is 35.5. The fourth-order valence-electron chi connectivity index (χ4n) is 3.75. The van der Waals surface area contributed by atoms with Gasteiger partial charge in [-0.25, -0.2) is 0 Å². The van der Waals surface area contributed by atoms with Crippen LogP contribution in [0, 0.1) is 0 Å². The fraction of sp³-hybridized carbons (Fsp3) is 0.200. The zero-order chi connectivity index (χ0) is 22.6. The molecule has 1 saturated heterocycles. The lowest BCUT2D eigenvalue weighted by atomic mass is 9.84. The number of nitrogens with one attached hydrogen (secondary N) is 1. The predicted octanol–water partition coefficient (Wildman–Crippen LogP) is 4.21. The first-order valence-electron chi connectivity index (χ1n) is 10.3. The molecular weight excluding hydrogens is 428 g/mol. The number of furan rings is 1. The lowest BCUT2D eigenvalue weighted by Gasteiger charge is -2.38. The van der Waals surface area contributed by atoms with Gasteiger partial charge in [0.1, 0.15) is 11.5 Å². The van der Waals surface area contributed by atoms with Crippen LogP contribution in [0.4, 0.5) is 0 Å². The summed E-state index contributed by atoms with van der Waals surface area (Å²) in [6.07, 6.45) is 3.77. The summed E-state index contributed by atoms with van der Waals surface area (Å²) in [6, 6.07) is 19.2. The topological polar surface area (TPSA) is 82.8 Å². The third-order valence-corrected chi connectivity index (χ3v) is 5.86. The lowest BCUT2D eigenvalue weighted by Crippen LogP contribution is -2.47. The van der Waals surface area contributed by atoms with Gasteiger partial charge < -0.3 is 19.7 Å². The molecule has 2 N–H and O–H groups in total.